The van der Waals surface area contributed by atoms with Gasteiger partial charge in [0.15, 0.2) is 0 Å². The monoisotopic (exact) mass is 462 g/mol. The number of nitrogens with one attached hydrogen (secondary N) is 1. The number of rotatable bonds is 8. The van der Waals surface area contributed by atoms with E-state index in [4.69, 9.17) is 38.2 Å². The minimum atomic E-state index is -3.67. The SMILES string of the molecule is CC(NCCc1ccc(OCc2ccc(Cl)cc2Cl)cc1)C(N)=O.CS(=O)(=O)O. The first kappa shape index (κ1) is 25.2. The number of benzene rings is 2. The Balaban J connectivity index is 0.000000749. The molecule has 0 radical (unpaired) electrons. The van der Waals surface area contributed by atoms with Crippen molar-refractivity contribution in [3.8, 4) is 5.75 Å². The van der Waals surface area contributed by atoms with Gasteiger partial charge in [-0.25, -0.2) is 0 Å². The summed E-state index contributed by atoms with van der Waals surface area (Å²) in [7, 11) is -3.67. The van der Waals surface area contributed by atoms with Crippen molar-refractivity contribution < 1.29 is 22.5 Å². The van der Waals surface area contributed by atoms with Crippen LogP contribution in [0.15, 0.2) is 42.5 Å². The predicted octanol–water partition coefficient (Wildman–Crippen LogP) is 3.08. The van der Waals surface area contributed by atoms with Crippen LogP contribution >= 0.6 is 23.2 Å². The van der Waals surface area contributed by atoms with E-state index in [2.05, 4.69) is 5.32 Å². The molecule has 10 heteroatoms. The van der Waals surface area contributed by atoms with Gasteiger partial charge in [0, 0.05) is 15.6 Å². The van der Waals surface area contributed by atoms with E-state index in [9.17, 15) is 13.2 Å². The van der Waals surface area contributed by atoms with Crippen molar-refractivity contribution >= 4 is 39.2 Å². The van der Waals surface area contributed by atoms with Gasteiger partial charge in [0.2, 0.25) is 5.91 Å². The van der Waals surface area contributed by atoms with Gasteiger partial charge in [-0.3, -0.25) is 9.35 Å². The third kappa shape index (κ3) is 11.7. The molecule has 0 aliphatic rings. The molecule has 1 atom stereocenters. The molecule has 0 bridgehead atoms. The summed E-state index contributed by atoms with van der Waals surface area (Å²) < 4.78 is 31.6. The fraction of sp³-hybridized carbons (Fsp3) is 0.316. The van der Waals surface area contributed by atoms with E-state index in [-0.39, 0.29) is 11.9 Å². The van der Waals surface area contributed by atoms with Crippen LogP contribution in [0.2, 0.25) is 10.0 Å². The van der Waals surface area contributed by atoms with Gasteiger partial charge >= 0.3 is 0 Å². The molecule has 0 aliphatic heterocycles. The standard InChI is InChI=1S/C18H20Cl2N2O2.CH4O3S/c1-12(18(21)23)22-9-8-13-2-6-16(7-3-13)24-11-14-4-5-15(19)10-17(14)20;1-5(2,3)4/h2-7,10,12,22H,8-9,11H2,1H3,(H2,21,23);1H3,(H,2,3,4). The molecule has 2 aromatic rings. The first-order valence-corrected chi connectivity index (χ1v) is 11.2. The predicted molar refractivity (Wildman–Crippen MR) is 115 cm³/mol. The lowest BCUT2D eigenvalue weighted by Gasteiger charge is -2.11. The number of amides is 1. The van der Waals surface area contributed by atoms with Crippen molar-refractivity contribution in [2.24, 2.45) is 5.73 Å². The van der Waals surface area contributed by atoms with Crippen LogP contribution in [-0.4, -0.2) is 37.7 Å². The second-order valence-corrected chi connectivity index (χ2v) is 8.54. The molecule has 2 rings (SSSR count). The van der Waals surface area contributed by atoms with Crippen LogP contribution in [0.25, 0.3) is 0 Å². The second kappa shape index (κ2) is 12.0. The van der Waals surface area contributed by atoms with Crippen LogP contribution in [0.5, 0.6) is 5.75 Å². The molecule has 0 aliphatic carbocycles. The Bertz CT molecular complexity index is 897. The van der Waals surface area contributed by atoms with E-state index in [1.807, 2.05) is 30.3 Å². The molecule has 1 unspecified atom stereocenters. The molecule has 2 aromatic carbocycles. The molecular weight excluding hydrogens is 439 g/mol. The van der Waals surface area contributed by atoms with Crippen LogP contribution in [-0.2, 0) is 27.9 Å². The van der Waals surface area contributed by atoms with Gasteiger partial charge in [0.1, 0.15) is 12.4 Å². The van der Waals surface area contributed by atoms with E-state index >= 15 is 0 Å². The minimum Gasteiger partial charge on any atom is -0.489 e. The molecule has 0 saturated heterocycles. The fourth-order valence-electron chi connectivity index (χ4n) is 2.09. The van der Waals surface area contributed by atoms with Gasteiger partial charge in [0.05, 0.1) is 12.3 Å². The number of nitrogens with two attached hydrogens (primary N) is 1. The van der Waals surface area contributed by atoms with Crippen LogP contribution in [0.4, 0.5) is 0 Å². The highest BCUT2D eigenvalue weighted by Crippen LogP contribution is 2.22. The number of ether oxygens (including phenoxy) is 1. The lowest BCUT2D eigenvalue weighted by Crippen LogP contribution is -2.39. The van der Waals surface area contributed by atoms with E-state index in [1.165, 1.54) is 0 Å². The van der Waals surface area contributed by atoms with E-state index in [1.54, 1.807) is 19.1 Å². The molecule has 160 valence electrons. The number of primary amides is 1. The van der Waals surface area contributed by atoms with Crippen molar-refractivity contribution in [2.45, 2.75) is 26.0 Å². The summed E-state index contributed by atoms with van der Waals surface area (Å²) in [5, 5.41) is 4.27. The lowest BCUT2D eigenvalue weighted by atomic mass is 10.1. The number of halogens is 2. The fourth-order valence-corrected chi connectivity index (χ4v) is 2.55. The van der Waals surface area contributed by atoms with Crippen molar-refractivity contribution in [1.82, 2.24) is 5.32 Å². The minimum absolute atomic E-state index is 0.322. The number of carbonyl (C=O) groups is 1. The molecule has 29 heavy (non-hydrogen) atoms. The molecule has 1 amide bonds. The smallest absolute Gasteiger partial charge is 0.261 e. The average Bonchev–Trinajstić information content (AvgIpc) is 2.60. The zero-order valence-electron chi connectivity index (χ0n) is 16.1. The zero-order valence-corrected chi connectivity index (χ0v) is 18.4. The Kier molecular flexibility index (Phi) is 10.4. The second-order valence-electron chi connectivity index (χ2n) is 6.23. The van der Waals surface area contributed by atoms with E-state index < -0.39 is 10.1 Å². The third-order valence-electron chi connectivity index (χ3n) is 3.62. The molecule has 4 N–H and O–H groups in total. The third-order valence-corrected chi connectivity index (χ3v) is 4.21. The number of hydrogen-bond acceptors (Lipinski definition) is 5. The highest BCUT2D eigenvalue weighted by molar-refractivity contribution is 7.85. The topological polar surface area (TPSA) is 119 Å². The Morgan fingerprint density at radius 2 is 1.79 bits per heavy atom. The number of hydrogen-bond donors (Lipinski definition) is 3. The Labute approximate surface area is 180 Å². The average molecular weight is 463 g/mol. The summed E-state index contributed by atoms with van der Waals surface area (Å²) in [5.41, 5.74) is 7.23. The maximum absolute atomic E-state index is 10.9. The van der Waals surface area contributed by atoms with E-state index in [0.29, 0.717) is 29.5 Å². The normalized spacial score (nSPS) is 11.9. The summed E-state index contributed by atoms with van der Waals surface area (Å²) in [5.74, 6) is 0.419. The van der Waals surface area contributed by atoms with Gasteiger partial charge in [-0.05, 0) is 49.7 Å². The summed E-state index contributed by atoms with van der Waals surface area (Å²) in [6, 6.07) is 12.8. The van der Waals surface area contributed by atoms with Crippen molar-refractivity contribution in [3.63, 3.8) is 0 Å². The Hall–Kier alpha value is -1.84. The largest absolute Gasteiger partial charge is 0.489 e. The van der Waals surface area contributed by atoms with E-state index in [0.717, 1.165) is 23.3 Å². The maximum atomic E-state index is 10.9. The first-order chi connectivity index (χ1) is 13.5. The maximum Gasteiger partial charge on any atom is 0.261 e. The lowest BCUT2D eigenvalue weighted by molar-refractivity contribution is -0.119. The molecule has 0 spiro atoms. The summed E-state index contributed by atoms with van der Waals surface area (Å²) in [6.45, 7) is 2.82. The molecule has 0 fully saturated rings. The van der Waals surface area contributed by atoms with Crippen LogP contribution < -0.4 is 15.8 Å². The first-order valence-electron chi connectivity index (χ1n) is 8.56. The summed E-state index contributed by atoms with van der Waals surface area (Å²) >= 11 is 12.0. The summed E-state index contributed by atoms with van der Waals surface area (Å²) in [4.78, 5) is 10.9. The quantitative estimate of drug-likeness (QED) is 0.518. The highest BCUT2D eigenvalue weighted by Gasteiger charge is 2.07. The van der Waals surface area contributed by atoms with Crippen LogP contribution in [0.1, 0.15) is 18.1 Å². The molecular formula is C19H24Cl2N2O5S. The molecule has 0 heterocycles. The van der Waals surface area contributed by atoms with Gasteiger partial charge in [-0.1, -0.05) is 41.4 Å². The van der Waals surface area contributed by atoms with Crippen molar-refractivity contribution in [1.29, 1.82) is 0 Å². The van der Waals surface area contributed by atoms with Crippen LogP contribution in [0.3, 0.4) is 0 Å². The molecule has 0 aromatic heterocycles. The highest BCUT2D eigenvalue weighted by atomic mass is 35.5. The van der Waals surface area contributed by atoms with Gasteiger partial charge in [-0.15, -0.1) is 0 Å². The van der Waals surface area contributed by atoms with Gasteiger partial charge in [-0.2, -0.15) is 8.42 Å². The van der Waals surface area contributed by atoms with Gasteiger partial charge < -0.3 is 15.8 Å². The van der Waals surface area contributed by atoms with Gasteiger partial charge in [0.25, 0.3) is 10.1 Å². The Morgan fingerprint density at radius 1 is 1.21 bits per heavy atom. The zero-order chi connectivity index (χ0) is 22.0. The van der Waals surface area contributed by atoms with Crippen LogP contribution in [0, 0.1) is 0 Å². The Morgan fingerprint density at radius 3 is 2.31 bits per heavy atom. The summed E-state index contributed by atoms with van der Waals surface area (Å²) in [6.07, 6.45) is 1.52. The molecule has 7 nitrogen and oxygen atoms in total. The number of carbonyl (C=O) groups excluding carboxylic acids is 1. The van der Waals surface area contributed by atoms with Crippen molar-refractivity contribution in [3.05, 3.63) is 63.6 Å². The molecule has 0 saturated carbocycles. The van der Waals surface area contributed by atoms with Crippen molar-refractivity contribution in [2.75, 3.05) is 12.8 Å².